The number of ether oxygens (including phenoxy) is 1. The summed E-state index contributed by atoms with van der Waals surface area (Å²) in [5.74, 6) is -0.0296. The van der Waals surface area contributed by atoms with Crippen LogP contribution in [0.25, 0.3) is 0 Å². The number of carbonyl (C=O) groups excluding carboxylic acids is 2. The van der Waals surface area contributed by atoms with Gasteiger partial charge in [0.25, 0.3) is 0 Å². The van der Waals surface area contributed by atoms with Crippen LogP contribution in [-0.2, 0) is 9.59 Å². The van der Waals surface area contributed by atoms with Gasteiger partial charge in [0.1, 0.15) is 5.75 Å². The molecule has 1 aromatic rings. The molecular weight excluding hydrogens is 292 g/mol. The molecule has 1 aliphatic carbocycles. The summed E-state index contributed by atoms with van der Waals surface area (Å²) >= 11 is 0. The van der Waals surface area contributed by atoms with Gasteiger partial charge in [-0.25, -0.2) is 0 Å². The lowest BCUT2D eigenvalue weighted by Crippen LogP contribution is -2.45. The Morgan fingerprint density at radius 3 is 2.35 bits per heavy atom. The van der Waals surface area contributed by atoms with Crippen molar-refractivity contribution >= 4 is 17.5 Å². The normalized spacial score (nSPS) is 20.9. The average Bonchev–Trinajstić information content (AvgIpc) is 2.51. The van der Waals surface area contributed by atoms with Gasteiger partial charge in [0, 0.05) is 11.7 Å². The second kappa shape index (κ2) is 7.99. The molecule has 0 heterocycles. The SMILES string of the molecule is CC(C)Oc1ccc(NC(=O)C(=O)N[C@H]2CCCC[C@H]2C)cc1. The lowest BCUT2D eigenvalue weighted by atomic mass is 9.86. The summed E-state index contributed by atoms with van der Waals surface area (Å²) in [6.45, 7) is 6.02. The lowest BCUT2D eigenvalue weighted by Gasteiger charge is -2.29. The summed E-state index contributed by atoms with van der Waals surface area (Å²) in [7, 11) is 0. The Balaban J connectivity index is 1.86. The molecular formula is C18H26N2O3. The Hall–Kier alpha value is -2.04. The van der Waals surface area contributed by atoms with E-state index in [9.17, 15) is 9.59 Å². The smallest absolute Gasteiger partial charge is 0.313 e. The van der Waals surface area contributed by atoms with Crippen LogP contribution in [0.5, 0.6) is 5.75 Å². The minimum absolute atomic E-state index is 0.0960. The highest BCUT2D eigenvalue weighted by atomic mass is 16.5. The molecule has 5 heteroatoms. The number of rotatable bonds is 4. The second-order valence-electron chi connectivity index (χ2n) is 6.49. The van der Waals surface area contributed by atoms with E-state index in [0.29, 0.717) is 11.6 Å². The van der Waals surface area contributed by atoms with E-state index in [4.69, 9.17) is 4.74 Å². The molecule has 2 rings (SSSR count). The van der Waals surface area contributed by atoms with E-state index in [1.54, 1.807) is 24.3 Å². The molecule has 0 saturated heterocycles. The average molecular weight is 318 g/mol. The van der Waals surface area contributed by atoms with Crippen LogP contribution < -0.4 is 15.4 Å². The first kappa shape index (κ1) is 17.3. The summed E-state index contributed by atoms with van der Waals surface area (Å²) in [6, 6.07) is 7.11. The number of benzene rings is 1. The van der Waals surface area contributed by atoms with Gasteiger partial charge in [0.2, 0.25) is 0 Å². The number of anilines is 1. The molecule has 23 heavy (non-hydrogen) atoms. The number of carbonyl (C=O) groups is 2. The Labute approximate surface area is 137 Å². The van der Waals surface area contributed by atoms with Gasteiger partial charge < -0.3 is 15.4 Å². The molecule has 0 radical (unpaired) electrons. The first-order chi connectivity index (χ1) is 11.0. The fraction of sp³-hybridized carbons (Fsp3) is 0.556. The molecule has 1 fully saturated rings. The fourth-order valence-corrected chi connectivity index (χ4v) is 2.84. The third-order valence-electron chi connectivity index (χ3n) is 4.12. The van der Waals surface area contributed by atoms with Crippen LogP contribution in [0.2, 0.25) is 0 Å². The molecule has 0 aliphatic heterocycles. The molecule has 5 nitrogen and oxygen atoms in total. The third kappa shape index (κ3) is 5.27. The third-order valence-corrected chi connectivity index (χ3v) is 4.12. The topological polar surface area (TPSA) is 67.4 Å². The van der Waals surface area contributed by atoms with Crippen LogP contribution in [0.3, 0.4) is 0 Å². The van der Waals surface area contributed by atoms with E-state index in [1.165, 1.54) is 6.42 Å². The largest absolute Gasteiger partial charge is 0.491 e. The molecule has 0 spiro atoms. The highest BCUT2D eigenvalue weighted by Gasteiger charge is 2.25. The zero-order valence-electron chi connectivity index (χ0n) is 14.1. The van der Waals surface area contributed by atoms with Crippen molar-refractivity contribution in [2.24, 2.45) is 5.92 Å². The van der Waals surface area contributed by atoms with Crippen molar-refractivity contribution in [3.8, 4) is 5.75 Å². The van der Waals surface area contributed by atoms with Crippen molar-refractivity contribution in [2.45, 2.75) is 58.6 Å². The van der Waals surface area contributed by atoms with Crippen LogP contribution in [0.1, 0.15) is 46.5 Å². The minimum atomic E-state index is -0.625. The maximum atomic E-state index is 12.0. The van der Waals surface area contributed by atoms with E-state index in [1.807, 2.05) is 13.8 Å². The van der Waals surface area contributed by atoms with E-state index in [2.05, 4.69) is 17.6 Å². The Morgan fingerprint density at radius 1 is 1.09 bits per heavy atom. The minimum Gasteiger partial charge on any atom is -0.491 e. The quantitative estimate of drug-likeness (QED) is 0.838. The maximum absolute atomic E-state index is 12.0. The van der Waals surface area contributed by atoms with Gasteiger partial charge in [-0.15, -0.1) is 0 Å². The van der Waals surface area contributed by atoms with Crippen molar-refractivity contribution in [3.63, 3.8) is 0 Å². The lowest BCUT2D eigenvalue weighted by molar-refractivity contribution is -0.137. The monoisotopic (exact) mass is 318 g/mol. The molecule has 1 saturated carbocycles. The first-order valence-electron chi connectivity index (χ1n) is 8.34. The summed E-state index contributed by atoms with van der Waals surface area (Å²) < 4.78 is 5.54. The van der Waals surface area contributed by atoms with Gasteiger partial charge >= 0.3 is 11.8 Å². The number of nitrogens with one attached hydrogen (secondary N) is 2. The van der Waals surface area contributed by atoms with Gasteiger partial charge in [-0.05, 0) is 56.9 Å². The molecule has 2 amide bonds. The van der Waals surface area contributed by atoms with Crippen LogP contribution >= 0.6 is 0 Å². The van der Waals surface area contributed by atoms with Gasteiger partial charge in [-0.1, -0.05) is 19.8 Å². The maximum Gasteiger partial charge on any atom is 0.313 e. The fourth-order valence-electron chi connectivity index (χ4n) is 2.84. The molecule has 1 aromatic carbocycles. The van der Waals surface area contributed by atoms with E-state index < -0.39 is 11.8 Å². The highest BCUT2D eigenvalue weighted by molar-refractivity contribution is 6.39. The van der Waals surface area contributed by atoms with Gasteiger partial charge in [0.05, 0.1) is 6.10 Å². The molecule has 0 unspecified atom stereocenters. The van der Waals surface area contributed by atoms with Crippen LogP contribution in [0.4, 0.5) is 5.69 Å². The molecule has 1 aliphatic rings. The Bertz CT molecular complexity index is 540. The summed E-state index contributed by atoms with van der Waals surface area (Å²) in [6.07, 6.45) is 4.45. The second-order valence-corrected chi connectivity index (χ2v) is 6.49. The van der Waals surface area contributed by atoms with Crippen molar-refractivity contribution in [1.29, 1.82) is 0 Å². The highest BCUT2D eigenvalue weighted by Crippen LogP contribution is 2.23. The summed E-state index contributed by atoms with van der Waals surface area (Å²) in [5.41, 5.74) is 0.581. The predicted octanol–water partition coefficient (Wildman–Crippen LogP) is 3.11. The molecule has 2 N–H and O–H groups in total. The summed E-state index contributed by atoms with van der Waals surface area (Å²) in [4.78, 5) is 24.0. The molecule has 0 aromatic heterocycles. The Morgan fingerprint density at radius 2 is 1.74 bits per heavy atom. The van der Waals surface area contributed by atoms with E-state index >= 15 is 0 Å². The summed E-state index contributed by atoms with van der Waals surface area (Å²) in [5, 5.41) is 5.47. The predicted molar refractivity (Wildman–Crippen MR) is 90.4 cm³/mol. The molecule has 126 valence electrons. The zero-order valence-corrected chi connectivity index (χ0v) is 14.1. The van der Waals surface area contributed by atoms with Crippen molar-refractivity contribution < 1.29 is 14.3 Å². The van der Waals surface area contributed by atoms with E-state index in [-0.39, 0.29) is 12.1 Å². The van der Waals surface area contributed by atoms with E-state index in [0.717, 1.165) is 25.0 Å². The van der Waals surface area contributed by atoms with Crippen molar-refractivity contribution in [1.82, 2.24) is 5.32 Å². The van der Waals surface area contributed by atoms with Crippen LogP contribution in [-0.4, -0.2) is 24.0 Å². The zero-order chi connectivity index (χ0) is 16.8. The van der Waals surface area contributed by atoms with Crippen LogP contribution in [0.15, 0.2) is 24.3 Å². The first-order valence-corrected chi connectivity index (χ1v) is 8.34. The number of amides is 2. The molecule has 2 atom stereocenters. The number of hydrogen-bond donors (Lipinski definition) is 2. The van der Waals surface area contributed by atoms with Gasteiger partial charge in [-0.3, -0.25) is 9.59 Å². The van der Waals surface area contributed by atoms with Crippen LogP contribution in [0, 0.1) is 5.92 Å². The van der Waals surface area contributed by atoms with Crippen molar-refractivity contribution in [3.05, 3.63) is 24.3 Å². The van der Waals surface area contributed by atoms with Gasteiger partial charge in [-0.2, -0.15) is 0 Å². The standard InChI is InChI=1S/C18H26N2O3/c1-12(2)23-15-10-8-14(9-11-15)19-17(21)18(22)20-16-7-5-4-6-13(16)3/h8-13,16H,4-7H2,1-3H3,(H,19,21)(H,20,22)/t13-,16+/m1/s1. The van der Waals surface area contributed by atoms with Gasteiger partial charge in [0.15, 0.2) is 0 Å². The number of hydrogen-bond acceptors (Lipinski definition) is 3. The molecule has 0 bridgehead atoms. The Kier molecular flexibility index (Phi) is 6.02. The van der Waals surface area contributed by atoms with Crippen molar-refractivity contribution in [2.75, 3.05) is 5.32 Å².